The Morgan fingerprint density at radius 1 is 1.07 bits per heavy atom. The topological polar surface area (TPSA) is 44.5 Å². The third-order valence-electron chi connectivity index (χ3n) is 1.81. The van der Waals surface area contributed by atoms with Gasteiger partial charge in [-0.15, -0.1) is 0 Å². The number of hydrogen-bond acceptors (Lipinski definition) is 3. The molecule has 0 atom stereocenters. The van der Waals surface area contributed by atoms with E-state index in [1.807, 2.05) is 6.92 Å². The van der Waals surface area contributed by atoms with Crippen molar-refractivity contribution >= 4 is 8.32 Å². The van der Waals surface area contributed by atoms with Gasteiger partial charge in [0.25, 0.3) is 0 Å². The van der Waals surface area contributed by atoms with Crippen LogP contribution in [0.4, 0.5) is 0 Å². The minimum Gasteiger partial charge on any atom is -0.418 e. The van der Waals surface area contributed by atoms with E-state index in [2.05, 4.69) is 25.8 Å². The molecule has 0 unspecified atom stereocenters. The van der Waals surface area contributed by atoms with Crippen LogP contribution >= 0.6 is 0 Å². The fraction of sp³-hybridized carbons (Fsp3) is 1.00. The van der Waals surface area contributed by atoms with Crippen LogP contribution in [0.1, 0.15) is 20.3 Å². The molecule has 0 rings (SSSR count). The molecule has 2 N–H and O–H groups in total. The second-order valence-corrected chi connectivity index (χ2v) is 7.80. The number of hydrogen-bond donors (Lipinski definition) is 1. The summed E-state index contributed by atoms with van der Waals surface area (Å²) in [6.07, 6.45) is 1.15. The number of rotatable bonds is 7. The maximum atomic E-state index is 5.69. The van der Waals surface area contributed by atoms with Crippen LogP contribution in [0, 0.1) is 0 Å². The molecule has 0 aliphatic rings. The van der Waals surface area contributed by atoms with E-state index < -0.39 is 8.32 Å². The van der Waals surface area contributed by atoms with Crippen molar-refractivity contribution < 1.29 is 9.16 Å². The quantitative estimate of drug-likeness (QED) is 0.529. The molecule has 0 radical (unpaired) electrons. The number of nitrogens with two attached hydrogens (primary N) is 1. The molecule has 0 aromatic heterocycles. The molecule has 0 aromatic rings. The SMILES string of the molecule is CCOCCC[Si](C)(C)OCC.CN. The van der Waals surface area contributed by atoms with E-state index >= 15 is 0 Å². The standard InChI is InChI=1S/C9H22O2Si.CH5N/c1-5-10-8-7-9-12(3,4)11-6-2;1-2/h5-9H2,1-4H3;2H2,1H3. The van der Waals surface area contributed by atoms with Crippen molar-refractivity contribution in [3.8, 4) is 0 Å². The third kappa shape index (κ3) is 12.1. The lowest BCUT2D eigenvalue weighted by Gasteiger charge is -2.21. The smallest absolute Gasteiger partial charge is 0.186 e. The summed E-state index contributed by atoms with van der Waals surface area (Å²) in [6, 6.07) is 1.21. The molecule has 0 saturated carbocycles. The maximum Gasteiger partial charge on any atom is 0.186 e. The molecule has 0 saturated heterocycles. The monoisotopic (exact) mass is 221 g/mol. The van der Waals surface area contributed by atoms with E-state index in [0.29, 0.717) is 0 Å². The van der Waals surface area contributed by atoms with Gasteiger partial charge in [-0.2, -0.15) is 0 Å². The molecule has 0 heterocycles. The first-order chi connectivity index (χ1) is 6.62. The summed E-state index contributed by atoms with van der Waals surface area (Å²) in [4.78, 5) is 0. The van der Waals surface area contributed by atoms with E-state index in [1.54, 1.807) is 0 Å². The van der Waals surface area contributed by atoms with E-state index in [1.165, 1.54) is 13.1 Å². The molecule has 0 spiro atoms. The van der Waals surface area contributed by atoms with Gasteiger partial charge in [0.1, 0.15) is 0 Å². The van der Waals surface area contributed by atoms with E-state index in [0.717, 1.165) is 26.2 Å². The Kier molecular flexibility index (Phi) is 13.2. The van der Waals surface area contributed by atoms with Crippen molar-refractivity contribution in [2.45, 2.75) is 39.4 Å². The lowest BCUT2D eigenvalue weighted by Crippen LogP contribution is -2.30. The van der Waals surface area contributed by atoms with Crippen molar-refractivity contribution in [1.82, 2.24) is 0 Å². The van der Waals surface area contributed by atoms with Crippen LogP contribution in [0.15, 0.2) is 0 Å². The zero-order valence-electron chi connectivity index (χ0n) is 10.4. The minimum atomic E-state index is -1.33. The summed E-state index contributed by atoms with van der Waals surface area (Å²) in [5.41, 5.74) is 4.50. The lowest BCUT2D eigenvalue weighted by atomic mass is 10.5. The van der Waals surface area contributed by atoms with Gasteiger partial charge in [0, 0.05) is 19.8 Å². The molecular weight excluding hydrogens is 194 g/mol. The first-order valence-electron chi connectivity index (χ1n) is 5.42. The van der Waals surface area contributed by atoms with Crippen molar-refractivity contribution in [1.29, 1.82) is 0 Å². The van der Waals surface area contributed by atoms with Crippen molar-refractivity contribution in [2.24, 2.45) is 5.73 Å². The first kappa shape index (κ1) is 16.5. The summed E-state index contributed by atoms with van der Waals surface area (Å²) in [5.74, 6) is 0. The summed E-state index contributed by atoms with van der Waals surface area (Å²) in [6.45, 7) is 11.2. The van der Waals surface area contributed by atoms with Gasteiger partial charge in [-0.3, -0.25) is 0 Å². The fourth-order valence-electron chi connectivity index (χ4n) is 1.21. The van der Waals surface area contributed by atoms with Crippen LogP contribution in [-0.4, -0.2) is 35.2 Å². The van der Waals surface area contributed by atoms with Crippen LogP contribution in [-0.2, 0) is 9.16 Å². The van der Waals surface area contributed by atoms with Crippen molar-refractivity contribution in [2.75, 3.05) is 26.9 Å². The molecule has 0 amide bonds. The second-order valence-electron chi connectivity index (χ2n) is 3.49. The van der Waals surface area contributed by atoms with Gasteiger partial charge in [-0.1, -0.05) is 0 Å². The molecule has 14 heavy (non-hydrogen) atoms. The van der Waals surface area contributed by atoms with Crippen LogP contribution in [0.3, 0.4) is 0 Å². The second kappa shape index (κ2) is 11.2. The Bertz CT molecular complexity index is 110. The van der Waals surface area contributed by atoms with Gasteiger partial charge in [-0.25, -0.2) is 0 Å². The lowest BCUT2D eigenvalue weighted by molar-refractivity contribution is 0.147. The average Bonchev–Trinajstić information content (AvgIpc) is 2.16. The predicted molar refractivity (Wildman–Crippen MR) is 65.1 cm³/mol. The highest BCUT2D eigenvalue weighted by atomic mass is 28.4. The van der Waals surface area contributed by atoms with E-state index in [9.17, 15) is 0 Å². The van der Waals surface area contributed by atoms with Gasteiger partial charge >= 0.3 is 0 Å². The predicted octanol–water partition coefficient (Wildman–Crippen LogP) is 2.23. The molecule has 3 nitrogen and oxygen atoms in total. The highest BCUT2D eigenvalue weighted by molar-refractivity contribution is 6.71. The molecule has 0 fully saturated rings. The Morgan fingerprint density at radius 3 is 2.07 bits per heavy atom. The summed E-state index contributed by atoms with van der Waals surface area (Å²) in [5, 5.41) is 0. The van der Waals surface area contributed by atoms with Crippen LogP contribution < -0.4 is 5.73 Å². The molecule has 4 heteroatoms. The number of ether oxygens (including phenoxy) is 1. The van der Waals surface area contributed by atoms with Crippen LogP contribution in [0.5, 0.6) is 0 Å². The summed E-state index contributed by atoms with van der Waals surface area (Å²) < 4.78 is 11.0. The highest BCUT2D eigenvalue weighted by Gasteiger charge is 2.20. The van der Waals surface area contributed by atoms with E-state index in [4.69, 9.17) is 9.16 Å². The summed E-state index contributed by atoms with van der Waals surface area (Å²) in [7, 11) is 0.167. The minimum absolute atomic E-state index is 0.830. The fourth-order valence-corrected chi connectivity index (χ4v) is 3.13. The Balaban J connectivity index is 0. The van der Waals surface area contributed by atoms with Gasteiger partial charge in [-0.05, 0) is 46.5 Å². The summed E-state index contributed by atoms with van der Waals surface area (Å²) >= 11 is 0. The molecule has 0 aliphatic carbocycles. The van der Waals surface area contributed by atoms with Crippen molar-refractivity contribution in [3.05, 3.63) is 0 Å². The zero-order chi connectivity index (χ0) is 11.4. The Morgan fingerprint density at radius 2 is 1.64 bits per heavy atom. The Labute approximate surface area is 90.1 Å². The van der Waals surface area contributed by atoms with Gasteiger partial charge in [0.05, 0.1) is 0 Å². The molecular formula is C10H27NO2Si. The third-order valence-corrected chi connectivity index (χ3v) is 4.43. The molecule has 0 aromatic carbocycles. The highest BCUT2D eigenvalue weighted by Crippen LogP contribution is 2.13. The van der Waals surface area contributed by atoms with Crippen molar-refractivity contribution in [3.63, 3.8) is 0 Å². The Hall–Kier alpha value is 0.0969. The molecule has 0 aliphatic heterocycles. The van der Waals surface area contributed by atoms with E-state index in [-0.39, 0.29) is 0 Å². The molecule has 88 valence electrons. The van der Waals surface area contributed by atoms with Crippen LogP contribution in [0.25, 0.3) is 0 Å². The largest absolute Gasteiger partial charge is 0.418 e. The van der Waals surface area contributed by atoms with Gasteiger partial charge in [0.2, 0.25) is 0 Å². The average molecular weight is 221 g/mol. The normalized spacial score (nSPS) is 10.7. The van der Waals surface area contributed by atoms with Crippen LogP contribution in [0.2, 0.25) is 19.1 Å². The molecule has 0 bridgehead atoms. The maximum absolute atomic E-state index is 5.69. The zero-order valence-corrected chi connectivity index (χ0v) is 11.4. The van der Waals surface area contributed by atoms with Gasteiger partial charge in [0.15, 0.2) is 8.32 Å². The van der Waals surface area contributed by atoms with Gasteiger partial charge < -0.3 is 14.9 Å². The first-order valence-corrected chi connectivity index (χ1v) is 8.53.